The number of hydrogen-bond acceptors (Lipinski definition) is 1. The maximum Gasteiger partial charge on any atom is 0.200 e. The van der Waals surface area contributed by atoms with Crippen molar-refractivity contribution in [2.75, 3.05) is 31.1 Å². The highest BCUT2D eigenvalue weighted by Crippen LogP contribution is 2.24. The van der Waals surface area contributed by atoms with E-state index in [-0.39, 0.29) is 6.54 Å². The summed E-state index contributed by atoms with van der Waals surface area (Å²) in [5.41, 5.74) is 2.73. The third-order valence-electron chi connectivity index (χ3n) is 5.11. The van der Waals surface area contributed by atoms with Gasteiger partial charge in [-0.25, -0.2) is 22.0 Å². The van der Waals surface area contributed by atoms with Gasteiger partial charge in [0.2, 0.25) is 5.82 Å². The number of nitrogens with zero attached hydrogens (tertiary/aromatic N) is 1. The quantitative estimate of drug-likeness (QED) is 0.495. The van der Waals surface area contributed by atoms with Gasteiger partial charge in [-0.1, -0.05) is 12.1 Å². The second kappa shape index (κ2) is 7.23. The first-order valence-corrected chi connectivity index (χ1v) is 8.46. The second-order valence-electron chi connectivity index (χ2n) is 6.68. The van der Waals surface area contributed by atoms with Gasteiger partial charge >= 0.3 is 0 Å². The number of quaternary nitrogens is 1. The molecule has 0 saturated carbocycles. The zero-order valence-corrected chi connectivity index (χ0v) is 14.6. The summed E-state index contributed by atoms with van der Waals surface area (Å²) in [4.78, 5) is 2.97. The number of halogens is 5. The van der Waals surface area contributed by atoms with Gasteiger partial charge < -0.3 is 9.80 Å². The van der Waals surface area contributed by atoms with E-state index >= 15 is 0 Å². The summed E-state index contributed by atoms with van der Waals surface area (Å²) < 4.78 is 67.5. The molecule has 0 aromatic heterocycles. The monoisotopic (exact) mass is 371 g/mol. The van der Waals surface area contributed by atoms with Crippen molar-refractivity contribution in [3.63, 3.8) is 0 Å². The van der Waals surface area contributed by atoms with Crippen molar-refractivity contribution in [2.45, 2.75) is 20.4 Å². The van der Waals surface area contributed by atoms with Gasteiger partial charge in [0.05, 0.1) is 31.7 Å². The summed E-state index contributed by atoms with van der Waals surface area (Å²) in [7, 11) is 0. The number of benzene rings is 2. The van der Waals surface area contributed by atoms with Gasteiger partial charge in [-0.3, -0.25) is 0 Å². The predicted octanol–water partition coefficient (Wildman–Crippen LogP) is 2.90. The van der Waals surface area contributed by atoms with Crippen LogP contribution < -0.4 is 9.80 Å². The molecule has 0 unspecified atom stereocenters. The van der Waals surface area contributed by atoms with Gasteiger partial charge in [-0.15, -0.1) is 0 Å². The number of nitrogens with one attached hydrogen (secondary N) is 1. The SMILES string of the molecule is Cc1cccc(N2CC[NH+](Cc3c(F)c(F)c(F)c(F)c3F)CC2)c1C. The molecule has 0 amide bonds. The van der Waals surface area contributed by atoms with Gasteiger partial charge in [0.25, 0.3) is 0 Å². The Hall–Kier alpha value is -2.15. The lowest BCUT2D eigenvalue weighted by molar-refractivity contribution is -0.914. The van der Waals surface area contributed by atoms with Crippen LogP contribution in [0.2, 0.25) is 0 Å². The highest BCUT2D eigenvalue weighted by molar-refractivity contribution is 5.56. The van der Waals surface area contributed by atoms with Crippen molar-refractivity contribution in [3.05, 3.63) is 64.0 Å². The van der Waals surface area contributed by atoms with Crippen LogP contribution in [0.3, 0.4) is 0 Å². The molecule has 0 aliphatic carbocycles. The van der Waals surface area contributed by atoms with E-state index in [1.54, 1.807) is 0 Å². The average molecular weight is 371 g/mol. The Morgan fingerprint density at radius 1 is 0.846 bits per heavy atom. The Bertz CT molecular complexity index is 800. The highest BCUT2D eigenvalue weighted by Gasteiger charge is 2.29. The van der Waals surface area contributed by atoms with Crippen LogP contribution in [0.1, 0.15) is 16.7 Å². The Morgan fingerprint density at radius 3 is 1.96 bits per heavy atom. The van der Waals surface area contributed by atoms with E-state index in [1.165, 1.54) is 11.1 Å². The molecule has 140 valence electrons. The van der Waals surface area contributed by atoms with E-state index in [1.807, 2.05) is 32.0 Å². The number of aryl methyl sites for hydroxylation is 1. The number of piperazine rings is 1. The molecular formula is C19H20F5N2+. The molecular weight excluding hydrogens is 351 g/mol. The number of hydrogen-bond donors (Lipinski definition) is 1. The predicted molar refractivity (Wildman–Crippen MR) is 88.8 cm³/mol. The van der Waals surface area contributed by atoms with Crippen LogP contribution in [0.25, 0.3) is 0 Å². The number of anilines is 1. The van der Waals surface area contributed by atoms with Crippen LogP contribution in [-0.2, 0) is 6.54 Å². The normalized spacial score (nSPS) is 15.6. The Kier molecular flexibility index (Phi) is 5.18. The van der Waals surface area contributed by atoms with E-state index in [4.69, 9.17) is 0 Å². The highest BCUT2D eigenvalue weighted by atomic mass is 19.2. The lowest BCUT2D eigenvalue weighted by Gasteiger charge is -2.34. The van der Waals surface area contributed by atoms with E-state index in [0.29, 0.717) is 26.2 Å². The summed E-state index contributed by atoms with van der Waals surface area (Å²) in [6.45, 7) is 6.23. The van der Waals surface area contributed by atoms with Gasteiger partial charge in [0.15, 0.2) is 23.3 Å². The largest absolute Gasteiger partial charge is 0.360 e. The van der Waals surface area contributed by atoms with Gasteiger partial charge in [0, 0.05) is 5.69 Å². The third-order valence-corrected chi connectivity index (χ3v) is 5.11. The Morgan fingerprint density at radius 2 is 1.38 bits per heavy atom. The lowest BCUT2D eigenvalue weighted by Crippen LogP contribution is -3.13. The van der Waals surface area contributed by atoms with Gasteiger partial charge in [-0.05, 0) is 31.0 Å². The first-order chi connectivity index (χ1) is 12.3. The van der Waals surface area contributed by atoms with E-state index in [9.17, 15) is 22.0 Å². The van der Waals surface area contributed by atoms with Crippen LogP contribution >= 0.6 is 0 Å². The van der Waals surface area contributed by atoms with Crippen molar-refractivity contribution < 1.29 is 26.9 Å². The average Bonchev–Trinajstić information content (AvgIpc) is 2.65. The molecule has 0 bridgehead atoms. The minimum atomic E-state index is -2.11. The third kappa shape index (κ3) is 3.28. The van der Waals surface area contributed by atoms with Crippen LogP contribution in [0.15, 0.2) is 18.2 Å². The molecule has 1 fully saturated rings. The van der Waals surface area contributed by atoms with Crippen molar-refractivity contribution in [1.82, 2.24) is 0 Å². The molecule has 1 N–H and O–H groups in total. The molecule has 0 atom stereocenters. The first kappa shape index (κ1) is 18.6. The van der Waals surface area contributed by atoms with E-state index < -0.39 is 34.6 Å². The fourth-order valence-electron chi connectivity index (χ4n) is 3.37. The van der Waals surface area contributed by atoms with E-state index in [0.717, 1.165) is 10.6 Å². The molecule has 26 heavy (non-hydrogen) atoms. The topological polar surface area (TPSA) is 7.68 Å². The zero-order chi connectivity index (χ0) is 19.0. The molecule has 1 saturated heterocycles. The smallest absolute Gasteiger partial charge is 0.200 e. The molecule has 0 spiro atoms. The van der Waals surface area contributed by atoms with Crippen LogP contribution in [0.5, 0.6) is 0 Å². The fourth-order valence-corrected chi connectivity index (χ4v) is 3.37. The summed E-state index contributed by atoms with van der Waals surface area (Å²) in [6, 6.07) is 6.03. The lowest BCUT2D eigenvalue weighted by atomic mass is 10.1. The summed E-state index contributed by atoms with van der Waals surface area (Å²) in [5, 5.41) is 0. The zero-order valence-electron chi connectivity index (χ0n) is 14.6. The van der Waals surface area contributed by atoms with Crippen LogP contribution in [0, 0.1) is 42.9 Å². The minimum absolute atomic E-state index is 0.230. The standard InChI is InChI=1S/C19H19F5N2/c1-11-4-3-5-14(12(11)2)26-8-6-25(7-9-26)10-13-15(20)17(22)19(24)18(23)16(13)21/h3-5H,6-10H2,1-2H3/p+1. The van der Waals surface area contributed by atoms with Crippen molar-refractivity contribution >= 4 is 5.69 Å². The first-order valence-electron chi connectivity index (χ1n) is 8.46. The van der Waals surface area contributed by atoms with Crippen LogP contribution in [-0.4, -0.2) is 26.2 Å². The molecule has 0 radical (unpaired) electrons. The fraction of sp³-hybridized carbons (Fsp3) is 0.368. The molecule has 2 nitrogen and oxygen atoms in total. The second-order valence-corrected chi connectivity index (χ2v) is 6.68. The van der Waals surface area contributed by atoms with E-state index in [2.05, 4.69) is 4.90 Å². The van der Waals surface area contributed by atoms with Crippen molar-refractivity contribution in [1.29, 1.82) is 0 Å². The number of rotatable bonds is 3. The Balaban J connectivity index is 1.73. The van der Waals surface area contributed by atoms with Crippen molar-refractivity contribution in [3.8, 4) is 0 Å². The molecule has 2 aromatic rings. The molecule has 1 aliphatic heterocycles. The van der Waals surface area contributed by atoms with Gasteiger partial charge in [0.1, 0.15) is 6.54 Å². The molecule has 7 heteroatoms. The van der Waals surface area contributed by atoms with Crippen molar-refractivity contribution in [2.24, 2.45) is 0 Å². The summed E-state index contributed by atoms with van der Waals surface area (Å²) in [5.74, 6) is -9.34. The molecule has 1 heterocycles. The molecule has 2 aromatic carbocycles. The maximum absolute atomic E-state index is 13.9. The minimum Gasteiger partial charge on any atom is -0.360 e. The summed E-state index contributed by atoms with van der Waals surface area (Å²) in [6.07, 6.45) is 0. The maximum atomic E-state index is 13.9. The Labute approximate surface area is 148 Å². The van der Waals surface area contributed by atoms with Crippen LogP contribution in [0.4, 0.5) is 27.6 Å². The van der Waals surface area contributed by atoms with Gasteiger partial charge in [-0.2, -0.15) is 0 Å². The molecule has 1 aliphatic rings. The molecule has 3 rings (SSSR count). The summed E-state index contributed by atoms with van der Waals surface area (Å²) >= 11 is 0.